The summed E-state index contributed by atoms with van der Waals surface area (Å²) in [7, 11) is 0. The Labute approximate surface area is 138 Å². The molecule has 7 heteroatoms. The molecule has 2 heterocycles. The summed E-state index contributed by atoms with van der Waals surface area (Å²) in [5, 5.41) is 10.9. The van der Waals surface area contributed by atoms with Crippen LogP contribution in [0.25, 0.3) is 0 Å². The van der Waals surface area contributed by atoms with Crippen molar-refractivity contribution in [2.75, 3.05) is 13.2 Å². The molecule has 2 N–H and O–H groups in total. The Morgan fingerprint density at radius 2 is 2.00 bits per heavy atom. The van der Waals surface area contributed by atoms with E-state index in [-0.39, 0.29) is 25.5 Å². The van der Waals surface area contributed by atoms with Crippen molar-refractivity contribution in [2.24, 2.45) is 0 Å². The summed E-state index contributed by atoms with van der Waals surface area (Å²) < 4.78 is 5.36. The molecule has 1 aromatic rings. The molecule has 7 nitrogen and oxygen atoms in total. The first kappa shape index (κ1) is 16.0. The second kappa shape index (κ2) is 6.72. The Kier molecular flexibility index (Phi) is 4.49. The van der Waals surface area contributed by atoms with Gasteiger partial charge in [0, 0.05) is 12.0 Å². The van der Waals surface area contributed by atoms with E-state index in [9.17, 15) is 14.4 Å². The summed E-state index contributed by atoms with van der Waals surface area (Å²) in [6.07, 6.45) is -0.507. The molecule has 2 aliphatic heterocycles. The minimum atomic E-state index is -0.671. The van der Waals surface area contributed by atoms with Gasteiger partial charge in [-0.3, -0.25) is 19.8 Å². The second-order valence-electron chi connectivity index (χ2n) is 5.57. The first-order chi connectivity index (χ1) is 11.6. The SMILES string of the molecule is O=C1CCC(N2C[C@H](c3ccc(C#CCO)cc3)OC2=O)C(=O)N1. The Morgan fingerprint density at radius 3 is 2.67 bits per heavy atom. The molecule has 0 aliphatic carbocycles. The number of aliphatic hydroxyl groups excluding tert-OH is 1. The molecule has 2 atom stereocenters. The number of nitrogens with zero attached hydrogens (tertiary/aromatic N) is 1. The van der Waals surface area contributed by atoms with E-state index in [0.717, 1.165) is 11.1 Å². The van der Waals surface area contributed by atoms with Crippen LogP contribution in [-0.2, 0) is 14.3 Å². The molecule has 1 unspecified atom stereocenters. The highest BCUT2D eigenvalue weighted by Crippen LogP contribution is 2.29. The topological polar surface area (TPSA) is 95.9 Å². The van der Waals surface area contributed by atoms with E-state index in [1.807, 2.05) is 0 Å². The van der Waals surface area contributed by atoms with E-state index < -0.39 is 24.1 Å². The number of amides is 3. The van der Waals surface area contributed by atoms with Gasteiger partial charge in [-0.1, -0.05) is 24.0 Å². The van der Waals surface area contributed by atoms with Crippen LogP contribution in [0.4, 0.5) is 4.79 Å². The molecule has 124 valence electrons. The van der Waals surface area contributed by atoms with Gasteiger partial charge < -0.3 is 9.84 Å². The van der Waals surface area contributed by atoms with Gasteiger partial charge in [0.2, 0.25) is 11.8 Å². The summed E-state index contributed by atoms with van der Waals surface area (Å²) in [6, 6.07) is 6.48. The van der Waals surface area contributed by atoms with Gasteiger partial charge in [0.15, 0.2) is 0 Å². The summed E-state index contributed by atoms with van der Waals surface area (Å²) in [5.74, 6) is 4.57. The highest BCUT2D eigenvalue weighted by atomic mass is 16.6. The number of rotatable bonds is 2. The molecular weight excluding hydrogens is 312 g/mol. The number of carbonyl (C=O) groups is 3. The van der Waals surface area contributed by atoms with Crippen LogP contribution in [0.15, 0.2) is 24.3 Å². The summed E-state index contributed by atoms with van der Waals surface area (Å²) in [6.45, 7) is 0.0513. The second-order valence-corrected chi connectivity index (χ2v) is 5.57. The highest BCUT2D eigenvalue weighted by molar-refractivity contribution is 6.01. The molecule has 0 saturated carbocycles. The molecule has 0 aromatic heterocycles. The maximum absolute atomic E-state index is 12.1. The molecule has 2 aliphatic rings. The molecule has 0 spiro atoms. The third-order valence-corrected chi connectivity index (χ3v) is 4.02. The Hall–Kier alpha value is -2.85. The first-order valence-electron chi connectivity index (χ1n) is 7.59. The van der Waals surface area contributed by atoms with Crippen LogP contribution in [0.5, 0.6) is 0 Å². The van der Waals surface area contributed by atoms with Crippen molar-refractivity contribution in [3.8, 4) is 11.8 Å². The van der Waals surface area contributed by atoms with E-state index in [2.05, 4.69) is 17.2 Å². The number of cyclic esters (lactones) is 1. The molecule has 1 aromatic carbocycles. The van der Waals surface area contributed by atoms with Crippen molar-refractivity contribution >= 4 is 17.9 Å². The lowest BCUT2D eigenvalue weighted by molar-refractivity contribution is -0.136. The minimum absolute atomic E-state index is 0.205. The maximum atomic E-state index is 12.1. The average molecular weight is 328 g/mol. The number of aliphatic hydroxyl groups is 1. The van der Waals surface area contributed by atoms with Gasteiger partial charge in [-0.25, -0.2) is 4.79 Å². The van der Waals surface area contributed by atoms with Gasteiger partial charge in [0.1, 0.15) is 18.8 Å². The quantitative estimate of drug-likeness (QED) is 0.602. The van der Waals surface area contributed by atoms with Crippen molar-refractivity contribution < 1.29 is 24.2 Å². The largest absolute Gasteiger partial charge is 0.439 e. The Morgan fingerprint density at radius 1 is 1.25 bits per heavy atom. The molecule has 2 fully saturated rings. The number of hydrogen-bond acceptors (Lipinski definition) is 5. The molecule has 3 rings (SSSR count). The van der Waals surface area contributed by atoms with Crippen LogP contribution in [0.2, 0.25) is 0 Å². The zero-order valence-electron chi connectivity index (χ0n) is 12.8. The molecule has 2 saturated heterocycles. The predicted octanol–water partition coefficient (Wildman–Crippen LogP) is 0.329. The smallest absolute Gasteiger partial charge is 0.411 e. The van der Waals surface area contributed by atoms with E-state index in [1.54, 1.807) is 24.3 Å². The fourth-order valence-electron chi connectivity index (χ4n) is 2.81. The number of piperidine rings is 1. The van der Waals surface area contributed by atoms with E-state index in [4.69, 9.17) is 9.84 Å². The molecule has 24 heavy (non-hydrogen) atoms. The highest BCUT2D eigenvalue weighted by Gasteiger charge is 2.41. The van der Waals surface area contributed by atoms with Crippen LogP contribution >= 0.6 is 0 Å². The number of ether oxygens (including phenoxy) is 1. The summed E-state index contributed by atoms with van der Waals surface area (Å²) in [4.78, 5) is 36.6. The van der Waals surface area contributed by atoms with E-state index in [0.29, 0.717) is 6.42 Å². The average Bonchev–Trinajstić information content (AvgIpc) is 2.95. The van der Waals surface area contributed by atoms with Crippen molar-refractivity contribution in [1.29, 1.82) is 0 Å². The van der Waals surface area contributed by atoms with Gasteiger partial charge in [-0.15, -0.1) is 0 Å². The minimum Gasteiger partial charge on any atom is -0.439 e. The number of imide groups is 1. The summed E-state index contributed by atoms with van der Waals surface area (Å²) in [5.41, 5.74) is 1.55. The van der Waals surface area contributed by atoms with Crippen LogP contribution in [0, 0.1) is 11.8 Å². The Balaban J connectivity index is 1.70. The van der Waals surface area contributed by atoms with E-state index in [1.165, 1.54) is 4.90 Å². The Bertz CT molecular complexity index is 732. The van der Waals surface area contributed by atoms with Crippen molar-refractivity contribution in [3.05, 3.63) is 35.4 Å². The zero-order chi connectivity index (χ0) is 17.1. The lowest BCUT2D eigenvalue weighted by Gasteiger charge is -2.27. The third kappa shape index (κ3) is 3.24. The fourth-order valence-corrected chi connectivity index (χ4v) is 2.81. The van der Waals surface area contributed by atoms with Gasteiger partial charge >= 0.3 is 6.09 Å². The number of nitrogens with one attached hydrogen (secondary N) is 1. The van der Waals surface area contributed by atoms with Gasteiger partial charge in [-0.05, 0) is 24.1 Å². The number of carbonyl (C=O) groups excluding carboxylic acids is 3. The van der Waals surface area contributed by atoms with Gasteiger partial charge in [0.05, 0.1) is 6.54 Å². The first-order valence-corrected chi connectivity index (χ1v) is 7.59. The van der Waals surface area contributed by atoms with Crippen LogP contribution < -0.4 is 5.32 Å². The standard InChI is InChI=1S/C17H16N2O5/c20-9-1-2-11-3-5-12(6-4-11)14-10-19(17(23)24-14)13-7-8-15(21)18-16(13)22/h3-6,13-14,20H,7-10H2,(H,18,21,22)/t13?,14-/m1/s1. The fraction of sp³-hybridized carbons (Fsp3) is 0.353. The predicted molar refractivity (Wildman–Crippen MR) is 82.5 cm³/mol. The monoisotopic (exact) mass is 328 g/mol. The molecule has 0 radical (unpaired) electrons. The van der Waals surface area contributed by atoms with Crippen molar-refractivity contribution in [1.82, 2.24) is 10.2 Å². The normalized spacial score (nSPS) is 23.4. The lowest BCUT2D eigenvalue weighted by Crippen LogP contribution is -2.52. The van der Waals surface area contributed by atoms with Crippen LogP contribution in [-0.4, -0.2) is 47.1 Å². The van der Waals surface area contributed by atoms with Crippen molar-refractivity contribution in [3.63, 3.8) is 0 Å². The van der Waals surface area contributed by atoms with Crippen molar-refractivity contribution in [2.45, 2.75) is 25.0 Å². The molecule has 3 amide bonds. The maximum Gasteiger partial charge on any atom is 0.411 e. The summed E-state index contributed by atoms with van der Waals surface area (Å²) >= 11 is 0. The van der Waals surface area contributed by atoms with Crippen LogP contribution in [0.3, 0.4) is 0 Å². The lowest BCUT2D eigenvalue weighted by atomic mass is 10.0. The molecule has 0 bridgehead atoms. The zero-order valence-corrected chi connectivity index (χ0v) is 12.8. The van der Waals surface area contributed by atoms with E-state index >= 15 is 0 Å². The number of benzene rings is 1. The van der Waals surface area contributed by atoms with Crippen LogP contribution in [0.1, 0.15) is 30.1 Å². The third-order valence-electron chi connectivity index (χ3n) is 4.02. The van der Waals surface area contributed by atoms with Gasteiger partial charge in [-0.2, -0.15) is 0 Å². The number of hydrogen-bond donors (Lipinski definition) is 2. The molecular formula is C17H16N2O5. The van der Waals surface area contributed by atoms with Gasteiger partial charge in [0.25, 0.3) is 0 Å².